The number of hydrogen-bond acceptors (Lipinski definition) is 2. The van der Waals surface area contributed by atoms with Crippen LogP contribution in [-0.2, 0) is 9.59 Å². The minimum absolute atomic E-state index is 0.314. The number of unbranched alkanes of at least 4 members (excludes halogenated alkanes) is 4. The van der Waals surface area contributed by atoms with Crippen LogP contribution in [0, 0.1) is 12.8 Å². The largest absolute Gasteiger partial charge is 0.478 e. The average molecular weight is 431 g/mol. The van der Waals surface area contributed by atoms with Crippen LogP contribution < -0.4 is 0 Å². The molecule has 0 aliphatic carbocycles. The summed E-state index contributed by atoms with van der Waals surface area (Å²) in [5.41, 5.74) is 3.13. The molecule has 0 amide bonds. The number of carboxylic acid groups (broad SMARTS) is 2. The molecule has 0 aliphatic rings. The smallest absolute Gasteiger partial charge is 0.330 e. The third kappa shape index (κ3) is 20.4. The van der Waals surface area contributed by atoms with Gasteiger partial charge in [0.2, 0.25) is 0 Å². The molecular weight excluding hydrogens is 388 g/mol. The molecule has 0 unspecified atom stereocenters. The Morgan fingerprint density at radius 1 is 0.903 bits per heavy atom. The van der Waals surface area contributed by atoms with Gasteiger partial charge in [0.15, 0.2) is 0 Å². The molecule has 31 heavy (non-hydrogen) atoms. The maximum absolute atomic E-state index is 10.3. The number of aryl methyl sites for hydroxylation is 1. The topological polar surface area (TPSA) is 74.6 Å². The summed E-state index contributed by atoms with van der Waals surface area (Å²) < 4.78 is 0. The summed E-state index contributed by atoms with van der Waals surface area (Å²) in [6.07, 6.45) is 9.77. The molecule has 0 radical (unpaired) electrons. The predicted octanol–water partition coefficient (Wildman–Crippen LogP) is 7.69. The Labute approximate surface area is 189 Å². The molecule has 0 fully saturated rings. The van der Waals surface area contributed by atoms with Crippen LogP contribution in [0.3, 0.4) is 0 Å². The lowest BCUT2D eigenvalue weighted by atomic mass is 10.0. The van der Waals surface area contributed by atoms with Crippen molar-refractivity contribution >= 4 is 18.0 Å². The number of carboxylic acids is 2. The van der Waals surface area contributed by atoms with Gasteiger partial charge in [-0.15, -0.1) is 0 Å². The van der Waals surface area contributed by atoms with Crippen molar-refractivity contribution in [2.24, 2.45) is 5.92 Å². The van der Waals surface area contributed by atoms with Crippen LogP contribution in [0.5, 0.6) is 0 Å². The van der Waals surface area contributed by atoms with Crippen molar-refractivity contribution in [2.75, 3.05) is 0 Å². The maximum atomic E-state index is 10.3. The van der Waals surface area contributed by atoms with E-state index in [1.54, 1.807) is 0 Å². The summed E-state index contributed by atoms with van der Waals surface area (Å²) in [5, 5.41) is 16.9. The number of rotatable bonds is 12. The van der Waals surface area contributed by atoms with Gasteiger partial charge in [-0.1, -0.05) is 102 Å². The van der Waals surface area contributed by atoms with Crippen LogP contribution in [0.25, 0.3) is 6.08 Å². The highest BCUT2D eigenvalue weighted by atomic mass is 16.4. The number of aliphatic carboxylic acids is 2. The quantitative estimate of drug-likeness (QED) is 0.263. The minimum atomic E-state index is -0.874. The van der Waals surface area contributed by atoms with Crippen LogP contribution in [0.4, 0.5) is 0 Å². The van der Waals surface area contributed by atoms with E-state index >= 15 is 0 Å². The van der Waals surface area contributed by atoms with E-state index in [1.165, 1.54) is 30.4 Å². The van der Waals surface area contributed by atoms with Gasteiger partial charge in [0.25, 0.3) is 0 Å². The second kappa shape index (κ2) is 19.3. The van der Waals surface area contributed by atoms with Crippen LogP contribution in [0.15, 0.2) is 55.1 Å². The first kappa shape index (κ1) is 30.6. The van der Waals surface area contributed by atoms with Gasteiger partial charge in [0, 0.05) is 11.1 Å². The van der Waals surface area contributed by atoms with E-state index in [1.807, 2.05) is 6.08 Å². The number of hydrogen-bond donors (Lipinski definition) is 2. The Morgan fingerprint density at radius 3 is 1.81 bits per heavy atom. The molecule has 0 aromatic heterocycles. The highest BCUT2D eigenvalue weighted by Crippen LogP contribution is 2.10. The minimum Gasteiger partial charge on any atom is -0.478 e. The third-order valence-corrected chi connectivity index (χ3v) is 4.52. The van der Waals surface area contributed by atoms with E-state index in [4.69, 9.17) is 10.2 Å². The van der Waals surface area contributed by atoms with Crippen molar-refractivity contribution in [1.82, 2.24) is 0 Å². The molecule has 174 valence electrons. The molecule has 1 aromatic carbocycles. The fourth-order valence-corrected chi connectivity index (χ4v) is 2.32. The van der Waals surface area contributed by atoms with Gasteiger partial charge in [0.05, 0.1) is 0 Å². The summed E-state index contributed by atoms with van der Waals surface area (Å²) in [7, 11) is 0. The molecule has 4 heteroatoms. The SMILES string of the molecule is C=C(CCC(C)C)C(=O)O.C=C(CCCCCCC)C(=O)O.C=Cc1ccc(C)cc1. The van der Waals surface area contributed by atoms with E-state index in [9.17, 15) is 9.59 Å². The summed E-state index contributed by atoms with van der Waals surface area (Å²) in [6, 6.07) is 8.28. The van der Waals surface area contributed by atoms with Gasteiger partial charge in [-0.05, 0) is 44.1 Å². The Kier molecular flexibility index (Phi) is 19.1. The highest BCUT2D eigenvalue weighted by Gasteiger charge is 2.04. The second-order valence-corrected chi connectivity index (χ2v) is 8.03. The van der Waals surface area contributed by atoms with E-state index < -0.39 is 11.9 Å². The number of benzene rings is 1. The number of carbonyl (C=O) groups is 2. The molecule has 0 heterocycles. The van der Waals surface area contributed by atoms with Gasteiger partial charge in [0.1, 0.15) is 0 Å². The van der Waals surface area contributed by atoms with Gasteiger partial charge < -0.3 is 10.2 Å². The van der Waals surface area contributed by atoms with Crippen LogP contribution in [0.1, 0.15) is 83.3 Å². The lowest BCUT2D eigenvalue weighted by Crippen LogP contribution is -2.00. The molecule has 0 spiro atoms. The molecule has 1 rings (SSSR count). The lowest BCUT2D eigenvalue weighted by molar-refractivity contribution is -0.133. The second-order valence-electron chi connectivity index (χ2n) is 8.03. The first-order valence-electron chi connectivity index (χ1n) is 11.1. The first-order chi connectivity index (χ1) is 14.5. The van der Waals surface area contributed by atoms with Gasteiger partial charge in [-0.25, -0.2) is 9.59 Å². The molecule has 0 aliphatic heterocycles. The van der Waals surface area contributed by atoms with Crippen molar-refractivity contribution in [3.8, 4) is 0 Å². The van der Waals surface area contributed by atoms with Gasteiger partial charge in [-0.2, -0.15) is 0 Å². The molecule has 0 bridgehead atoms. The third-order valence-electron chi connectivity index (χ3n) is 4.52. The standard InChI is InChI=1S/C10H18O2.C9H10.C8H14O2/c1-3-4-5-6-7-8-9(2)10(11)12;1-3-9-6-4-8(2)5-7-9;1-6(2)4-5-7(3)8(9)10/h2-8H2,1H3,(H,11,12);3-7H,1H2,2H3;6H,3-5H2,1-2H3,(H,9,10). The lowest BCUT2D eigenvalue weighted by Gasteiger charge is -2.02. The summed E-state index contributed by atoms with van der Waals surface area (Å²) in [6.45, 7) is 18.9. The molecular formula is C27H42O4. The molecule has 1 aromatic rings. The average Bonchev–Trinajstić information content (AvgIpc) is 2.73. The van der Waals surface area contributed by atoms with Gasteiger partial charge >= 0.3 is 11.9 Å². The van der Waals surface area contributed by atoms with E-state index in [-0.39, 0.29) is 0 Å². The molecule has 2 N–H and O–H groups in total. The Bertz CT molecular complexity index is 669. The van der Waals surface area contributed by atoms with Crippen LogP contribution in [0.2, 0.25) is 0 Å². The molecule has 0 saturated carbocycles. The Hall–Kier alpha value is -2.62. The van der Waals surface area contributed by atoms with Crippen molar-refractivity contribution in [2.45, 2.75) is 79.1 Å². The highest BCUT2D eigenvalue weighted by molar-refractivity contribution is 5.86. The normalized spacial score (nSPS) is 9.58. The van der Waals surface area contributed by atoms with Crippen molar-refractivity contribution in [1.29, 1.82) is 0 Å². The Morgan fingerprint density at radius 2 is 1.39 bits per heavy atom. The fourth-order valence-electron chi connectivity index (χ4n) is 2.32. The van der Waals surface area contributed by atoms with Crippen molar-refractivity contribution in [3.05, 3.63) is 66.3 Å². The summed E-state index contributed by atoms with van der Waals surface area (Å²) >= 11 is 0. The molecule has 4 nitrogen and oxygen atoms in total. The van der Waals surface area contributed by atoms with E-state index in [0.29, 0.717) is 29.9 Å². The monoisotopic (exact) mass is 430 g/mol. The zero-order valence-corrected chi connectivity index (χ0v) is 20.0. The fraction of sp³-hybridized carbons (Fsp3) is 0.481. The zero-order chi connectivity index (χ0) is 24.2. The molecule has 0 saturated heterocycles. The van der Waals surface area contributed by atoms with E-state index in [2.05, 4.69) is 71.7 Å². The Balaban J connectivity index is 0. The van der Waals surface area contributed by atoms with Crippen molar-refractivity contribution < 1.29 is 19.8 Å². The molecule has 0 atom stereocenters. The predicted molar refractivity (Wildman–Crippen MR) is 132 cm³/mol. The van der Waals surface area contributed by atoms with Gasteiger partial charge in [-0.3, -0.25) is 0 Å². The van der Waals surface area contributed by atoms with Crippen LogP contribution >= 0.6 is 0 Å². The summed E-state index contributed by atoms with van der Waals surface area (Å²) in [5.74, 6) is -1.18. The van der Waals surface area contributed by atoms with Crippen LogP contribution in [-0.4, -0.2) is 22.2 Å². The summed E-state index contributed by atoms with van der Waals surface area (Å²) in [4.78, 5) is 20.5. The maximum Gasteiger partial charge on any atom is 0.330 e. The zero-order valence-electron chi connectivity index (χ0n) is 20.0. The van der Waals surface area contributed by atoms with E-state index in [0.717, 1.165) is 19.3 Å². The van der Waals surface area contributed by atoms with Crippen molar-refractivity contribution in [3.63, 3.8) is 0 Å². The first-order valence-corrected chi connectivity index (χ1v) is 11.1.